The van der Waals surface area contributed by atoms with Crippen molar-refractivity contribution in [1.29, 1.82) is 5.26 Å². The molecule has 1 heterocycles. The second-order valence-corrected chi connectivity index (χ2v) is 4.29. The standard InChI is InChI=1S/C16H12N2O/c17-10-13-9-14-15(18-13)7-4-8-16(14)19-11-12-5-2-1-3-6-12/h1-9,18H,11H2. The van der Waals surface area contributed by atoms with Crippen LogP contribution in [0.3, 0.4) is 0 Å². The number of benzene rings is 2. The molecule has 0 atom stereocenters. The van der Waals surface area contributed by atoms with Crippen LogP contribution in [0.4, 0.5) is 0 Å². The van der Waals surface area contributed by atoms with E-state index in [0.29, 0.717) is 12.3 Å². The van der Waals surface area contributed by atoms with Gasteiger partial charge in [-0.25, -0.2) is 0 Å². The summed E-state index contributed by atoms with van der Waals surface area (Å²) >= 11 is 0. The topological polar surface area (TPSA) is 48.8 Å². The summed E-state index contributed by atoms with van der Waals surface area (Å²) < 4.78 is 5.83. The molecule has 0 bridgehead atoms. The minimum absolute atomic E-state index is 0.521. The van der Waals surface area contributed by atoms with Gasteiger partial charge in [-0.15, -0.1) is 0 Å². The molecule has 0 amide bonds. The molecule has 3 heteroatoms. The van der Waals surface area contributed by atoms with E-state index in [-0.39, 0.29) is 0 Å². The smallest absolute Gasteiger partial charge is 0.129 e. The fourth-order valence-corrected chi connectivity index (χ4v) is 2.05. The summed E-state index contributed by atoms with van der Waals surface area (Å²) in [6, 6.07) is 19.7. The lowest BCUT2D eigenvalue weighted by molar-refractivity contribution is 0.310. The fourth-order valence-electron chi connectivity index (χ4n) is 2.05. The third-order valence-electron chi connectivity index (χ3n) is 2.98. The summed E-state index contributed by atoms with van der Waals surface area (Å²) in [7, 11) is 0. The van der Waals surface area contributed by atoms with Gasteiger partial charge in [0.2, 0.25) is 0 Å². The number of fused-ring (bicyclic) bond motifs is 1. The van der Waals surface area contributed by atoms with Crippen molar-refractivity contribution >= 4 is 10.9 Å². The highest BCUT2D eigenvalue weighted by Crippen LogP contribution is 2.26. The van der Waals surface area contributed by atoms with Crippen LogP contribution >= 0.6 is 0 Å². The van der Waals surface area contributed by atoms with Gasteiger partial charge in [-0.05, 0) is 23.8 Å². The lowest BCUT2D eigenvalue weighted by Crippen LogP contribution is -1.94. The Labute approximate surface area is 111 Å². The molecule has 3 rings (SSSR count). The van der Waals surface area contributed by atoms with Gasteiger partial charge >= 0.3 is 0 Å². The van der Waals surface area contributed by atoms with E-state index in [9.17, 15) is 0 Å². The van der Waals surface area contributed by atoms with Crippen LogP contribution < -0.4 is 4.74 Å². The van der Waals surface area contributed by atoms with Crippen molar-refractivity contribution in [3.8, 4) is 11.8 Å². The molecule has 0 fully saturated rings. The van der Waals surface area contributed by atoms with E-state index >= 15 is 0 Å². The van der Waals surface area contributed by atoms with Gasteiger partial charge in [0.15, 0.2) is 0 Å². The summed E-state index contributed by atoms with van der Waals surface area (Å²) in [5.41, 5.74) is 2.59. The van der Waals surface area contributed by atoms with Gasteiger partial charge in [0.25, 0.3) is 0 Å². The number of aromatic nitrogens is 1. The monoisotopic (exact) mass is 248 g/mol. The van der Waals surface area contributed by atoms with Crippen molar-refractivity contribution in [2.75, 3.05) is 0 Å². The highest BCUT2D eigenvalue weighted by molar-refractivity contribution is 5.87. The Morgan fingerprint density at radius 1 is 1.05 bits per heavy atom. The predicted octanol–water partition coefficient (Wildman–Crippen LogP) is 3.62. The Hall–Kier alpha value is -2.73. The molecule has 0 aliphatic heterocycles. The zero-order chi connectivity index (χ0) is 13.1. The van der Waals surface area contributed by atoms with E-state index in [1.165, 1.54) is 0 Å². The largest absolute Gasteiger partial charge is 0.488 e. The highest BCUT2D eigenvalue weighted by atomic mass is 16.5. The van der Waals surface area contributed by atoms with Gasteiger partial charge in [0, 0.05) is 5.39 Å². The minimum Gasteiger partial charge on any atom is -0.488 e. The number of H-pyrrole nitrogens is 1. The van der Waals surface area contributed by atoms with Gasteiger partial charge in [0.05, 0.1) is 5.52 Å². The molecule has 1 aromatic heterocycles. The Balaban J connectivity index is 1.89. The number of hydrogen-bond donors (Lipinski definition) is 1. The zero-order valence-corrected chi connectivity index (χ0v) is 10.3. The Kier molecular flexibility index (Phi) is 2.91. The number of nitrogens with zero attached hydrogens (tertiary/aromatic N) is 1. The van der Waals surface area contributed by atoms with E-state index < -0.39 is 0 Å². The van der Waals surface area contributed by atoms with Crippen LogP contribution in [-0.2, 0) is 6.61 Å². The fraction of sp³-hybridized carbons (Fsp3) is 0.0625. The first kappa shape index (κ1) is 11.4. The molecule has 1 N–H and O–H groups in total. The van der Waals surface area contributed by atoms with Crippen LogP contribution in [0.25, 0.3) is 10.9 Å². The molecule has 19 heavy (non-hydrogen) atoms. The normalized spacial score (nSPS) is 10.3. The van der Waals surface area contributed by atoms with Gasteiger partial charge in [0.1, 0.15) is 24.1 Å². The first-order valence-corrected chi connectivity index (χ1v) is 6.05. The van der Waals surface area contributed by atoms with Crippen molar-refractivity contribution in [2.24, 2.45) is 0 Å². The van der Waals surface area contributed by atoms with Gasteiger partial charge < -0.3 is 9.72 Å². The van der Waals surface area contributed by atoms with E-state index in [0.717, 1.165) is 22.2 Å². The van der Waals surface area contributed by atoms with E-state index in [2.05, 4.69) is 11.1 Å². The summed E-state index contributed by atoms with van der Waals surface area (Å²) in [5, 5.41) is 9.86. The van der Waals surface area contributed by atoms with Crippen LogP contribution in [0.1, 0.15) is 11.3 Å². The zero-order valence-electron chi connectivity index (χ0n) is 10.3. The molecule has 0 spiro atoms. The summed E-state index contributed by atoms with van der Waals surface area (Å²) in [5.74, 6) is 0.791. The molecule has 0 saturated carbocycles. The second-order valence-electron chi connectivity index (χ2n) is 4.29. The van der Waals surface area contributed by atoms with Gasteiger partial charge in [-0.2, -0.15) is 5.26 Å². The molecular formula is C16H12N2O. The molecular weight excluding hydrogens is 236 g/mol. The average molecular weight is 248 g/mol. The maximum atomic E-state index is 8.92. The SMILES string of the molecule is N#Cc1cc2c(OCc3ccccc3)cccc2[nH]1. The lowest BCUT2D eigenvalue weighted by Gasteiger charge is -2.07. The number of nitrogens with one attached hydrogen (secondary N) is 1. The van der Waals surface area contributed by atoms with Crippen LogP contribution in [0.15, 0.2) is 54.6 Å². The lowest BCUT2D eigenvalue weighted by atomic mass is 10.2. The van der Waals surface area contributed by atoms with Crippen molar-refractivity contribution in [3.05, 3.63) is 65.9 Å². The molecule has 0 radical (unpaired) electrons. The average Bonchev–Trinajstić information content (AvgIpc) is 2.90. The number of ether oxygens (including phenoxy) is 1. The highest BCUT2D eigenvalue weighted by Gasteiger charge is 2.06. The first-order chi connectivity index (χ1) is 9.36. The second kappa shape index (κ2) is 4.87. The molecule has 0 aliphatic rings. The quantitative estimate of drug-likeness (QED) is 0.769. The maximum Gasteiger partial charge on any atom is 0.129 e. The van der Waals surface area contributed by atoms with Crippen molar-refractivity contribution in [3.63, 3.8) is 0 Å². The number of aromatic amines is 1. The van der Waals surface area contributed by atoms with Crippen LogP contribution in [-0.4, -0.2) is 4.98 Å². The molecule has 3 nitrogen and oxygen atoms in total. The van der Waals surface area contributed by atoms with E-state index in [1.54, 1.807) is 0 Å². The van der Waals surface area contributed by atoms with Crippen molar-refractivity contribution in [2.45, 2.75) is 6.61 Å². The van der Waals surface area contributed by atoms with Crippen LogP contribution in [0.2, 0.25) is 0 Å². The van der Waals surface area contributed by atoms with Crippen LogP contribution in [0, 0.1) is 11.3 Å². The Bertz CT molecular complexity index is 738. The number of nitriles is 1. The third-order valence-corrected chi connectivity index (χ3v) is 2.98. The van der Waals surface area contributed by atoms with Gasteiger partial charge in [-0.3, -0.25) is 0 Å². The predicted molar refractivity (Wildman–Crippen MR) is 73.8 cm³/mol. The number of hydrogen-bond acceptors (Lipinski definition) is 2. The molecule has 3 aromatic rings. The van der Waals surface area contributed by atoms with Gasteiger partial charge in [-0.1, -0.05) is 36.4 Å². The third kappa shape index (κ3) is 2.29. The first-order valence-electron chi connectivity index (χ1n) is 6.05. The van der Waals surface area contributed by atoms with Crippen molar-refractivity contribution < 1.29 is 4.74 Å². The van der Waals surface area contributed by atoms with Crippen LogP contribution in [0.5, 0.6) is 5.75 Å². The van der Waals surface area contributed by atoms with Crippen molar-refractivity contribution in [1.82, 2.24) is 4.98 Å². The minimum atomic E-state index is 0.521. The molecule has 2 aromatic carbocycles. The molecule has 92 valence electrons. The van der Waals surface area contributed by atoms with E-state index in [1.807, 2.05) is 54.6 Å². The summed E-state index contributed by atoms with van der Waals surface area (Å²) in [6.07, 6.45) is 0. The summed E-state index contributed by atoms with van der Waals surface area (Å²) in [6.45, 7) is 0.521. The molecule has 0 unspecified atom stereocenters. The Morgan fingerprint density at radius 3 is 2.68 bits per heavy atom. The molecule has 0 saturated heterocycles. The van der Waals surface area contributed by atoms with E-state index in [4.69, 9.17) is 10.00 Å². The molecule has 0 aliphatic carbocycles. The Morgan fingerprint density at radius 2 is 1.89 bits per heavy atom. The maximum absolute atomic E-state index is 8.92. The summed E-state index contributed by atoms with van der Waals surface area (Å²) in [4.78, 5) is 3.04. The number of rotatable bonds is 3.